The van der Waals surface area contributed by atoms with Crippen LogP contribution < -0.4 is 10.2 Å². The summed E-state index contributed by atoms with van der Waals surface area (Å²) < 4.78 is 0. The number of anilines is 1. The van der Waals surface area contributed by atoms with Gasteiger partial charge in [-0.15, -0.1) is 0 Å². The van der Waals surface area contributed by atoms with Crippen LogP contribution in [0.5, 0.6) is 0 Å². The van der Waals surface area contributed by atoms with Gasteiger partial charge in [-0.3, -0.25) is 0 Å². The molecule has 2 rings (SSSR count). The third-order valence-corrected chi connectivity index (χ3v) is 4.21. The molecule has 1 N–H and O–H groups in total. The van der Waals surface area contributed by atoms with Gasteiger partial charge in [-0.2, -0.15) is 0 Å². The molecule has 0 amide bonds. The van der Waals surface area contributed by atoms with Crippen LogP contribution in [-0.4, -0.2) is 25.7 Å². The quantitative estimate of drug-likeness (QED) is 0.760. The van der Waals surface area contributed by atoms with Gasteiger partial charge in [0.05, 0.1) is 0 Å². The zero-order valence-electron chi connectivity index (χ0n) is 13.4. The van der Waals surface area contributed by atoms with Crippen molar-refractivity contribution in [2.24, 2.45) is 5.92 Å². The number of hydrogen-bond acceptors (Lipinski definition) is 2. The molecule has 20 heavy (non-hydrogen) atoms. The molecule has 0 aliphatic carbocycles. The van der Waals surface area contributed by atoms with Crippen LogP contribution in [0.15, 0.2) is 24.3 Å². The Bertz CT molecular complexity index is 400. The van der Waals surface area contributed by atoms with E-state index in [4.69, 9.17) is 0 Å². The van der Waals surface area contributed by atoms with Crippen LogP contribution >= 0.6 is 0 Å². The maximum atomic E-state index is 3.54. The molecule has 0 aromatic heterocycles. The second kappa shape index (κ2) is 7.68. The van der Waals surface area contributed by atoms with Crippen LogP contribution in [0.3, 0.4) is 0 Å². The molecule has 0 fully saturated rings. The largest absolute Gasteiger partial charge is 0.369 e. The Labute approximate surface area is 124 Å². The molecule has 0 spiro atoms. The summed E-state index contributed by atoms with van der Waals surface area (Å²) in [6.45, 7) is 10.4. The molecule has 2 heteroatoms. The lowest BCUT2D eigenvalue weighted by Gasteiger charge is -2.36. The molecular formula is C18H30N2. The Morgan fingerprint density at radius 3 is 2.80 bits per heavy atom. The fourth-order valence-electron chi connectivity index (χ4n) is 3.09. The summed E-state index contributed by atoms with van der Waals surface area (Å²) in [5.41, 5.74) is 3.00. The number of nitrogens with one attached hydrogen (secondary N) is 1. The molecule has 0 radical (unpaired) electrons. The highest BCUT2D eigenvalue weighted by molar-refractivity contribution is 5.56. The van der Waals surface area contributed by atoms with Crippen molar-refractivity contribution in [3.05, 3.63) is 29.8 Å². The van der Waals surface area contributed by atoms with E-state index in [1.807, 2.05) is 0 Å². The van der Waals surface area contributed by atoms with Gasteiger partial charge in [-0.1, -0.05) is 32.0 Å². The minimum atomic E-state index is 0.650. The van der Waals surface area contributed by atoms with Crippen LogP contribution in [-0.2, 0) is 6.42 Å². The topological polar surface area (TPSA) is 15.3 Å². The molecule has 1 aromatic carbocycles. The maximum absolute atomic E-state index is 3.54. The van der Waals surface area contributed by atoms with Crippen LogP contribution in [0, 0.1) is 5.92 Å². The van der Waals surface area contributed by atoms with Crippen LogP contribution in [0.4, 0.5) is 5.69 Å². The van der Waals surface area contributed by atoms with Gasteiger partial charge in [0.15, 0.2) is 0 Å². The van der Waals surface area contributed by atoms with Crippen molar-refractivity contribution in [2.75, 3.05) is 24.5 Å². The van der Waals surface area contributed by atoms with E-state index in [0.717, 1.165) is 19.0 Å². The van der Waals surface area contributed by atoms with Crippen molar-refractivity contribution >= 4 is 5.69 Å². The third kappa shape index (κ3) is 4.24. The van der Waals surface area contributed by atoms with Gasteiger partial charge in [-0.05, 0) is 63.2 Å². The fourth-order valence-corrected chi connectivity index (χ4v) is 3.09. The van der Waals surface area contributed by atoms with Gasteiger partial charge in [-0.25, -0.2) is 0 Å². The lowest BCUT2D eigenvalue weighted by molar-refractivity contribution is 0.500. The summed E-state index contributed by atoms with van der Waals surface area (Å²) in [5.74, 6) is 0.751. The number of benzene rings is 1. The van der Waals surface area contributed by atoms with E-state index in [1.165, 1.54) is 43.5 Å². The summed E-state index contributed by atoms with van der Waals surface area (Å²) in [4.78, 5) is 2.61. The summed E-state index contributed by atoms with van der Waals surface area (Å²) in [6.07, 6.45) is 5.09. The van der Waals surface area contributed by atoms with E-state index in [9.17, 15) is 0 Å². The van der Waals surface area contributed by atoms with Crippen molar-refractivity contribution in [3.63, 3.8) is 0 Å². The normalized spacial score (nSPS) is 16.3. The van der Waals surface area contributed by atoms with Crippen LogP contribution in [0.2, 0.25) is 0 Å². The molecule has 0 saturated heterocycles. The van der Waals surface area contributed by atoms with E-state index in [0.29, 0.717) is 6.04 Å². The Balaban J connectivity index is 1.80. The zero-order valence-corrected chi connectivity index (χ0v) is 13.4. The molecule has 1 heterocycles. The van der Waals surface area contributed by atoms with E-state index < -0.39 is 0 Å². The maximum Gasteiger partial charge on any atom is 0.0401 e. The fraction of sp³-hybridized carbons (Fsp3) is 0.667. The van der Waals surface area contributed by atoms with Crippen molar-refractivity contribution in [1.82, 2.24) is 5.32 Å². The summed E-state index contributed by atoms with van der Waals surface area (Å²) in [7, 11) is 0. The molecule has 0 bridgehead atoms. The highest BCUT2D eigenvalue weighted by Crippen LogP contribution is 2.29. The first-order chi connectivity index (χ1) is 9.68. The molecule has 1 aromatic rings. The van der Waals surface area contributed by atoms with Crippen molar-refractivity contribution in [3.8, 4) is 0 Å². The van der Waals surface area contributed by atoms with Gasteiger partial charge in [0.25, 0.3) is 0 Å². The lowest BCUT2D eigenvalue weighted by atomic mass is 9.99. The smallest absolute Gasteiger partial charge is 0.0401 e. The standard InChI is InChI=1S/C18H30N2/c1-15(2)14-19-12-6-8-16(3)20-13-7-10-17-9-4-5-11-18(17)20/h4-5,9,11,15-16,19H,6-8,10,12-14H2,1-3H3. The highest BCUT2D eigenvalue weighted by atomic mass is 15.2. The molecule has 1 atom stereocenters. The Kier molecular flexibility index (Phi) is 5.90. The third-order valence-electron chi connectivity index (χ3n) is 4.21. The van der Waals surface area contributed by atoms with Gasteiger partial charge >= 0.3 is 0 Å². The SMILES string of the molecule is CC(C)CNCCCC(C)N1CCCc2ccccc21. The molecule has 0 saturated carbocycles. The second-order valence-electron chi connectivity index (χ2n) is 6.51. The number of hydrogen-bond donors (Lipinski definition) is 1. The van der Waals surface area contributed by atoms with E-state index in [2.05, 4.69) is 55.3 Å². The predicted molar refractivity (Wildman–Crippen MR) is 88.5 cm³/mol. The molecule has 2 nitrogen and oxygen atoms in total. The number of para-hydroxylation sites is 1. The Morgan fingerprint density at radius 1 is 1.20 bits per heavy atom. The average molecular weight is 274 g/mol. The second-order valence-corrected chi connectivity index (χ2v) is 6.51. The number of fused-ring (bicyclic) bond motifs is 1. The Hall–Kier alpha value is -1.02. The summed E-state index contributed by atoms with van der Waals surface area (Å²) in [5, 5.41) is 3.54. The van der Waals surface area contributed by atoms with Crippen molar-refractivity contribution in [1.29, 1.82) is 0 Å². The van der Waals surface area contributed by atoms with Gasteiger partial charge in [0.1, 0.15) is 0 Å². The van der Waals surface area contributed by atoms with Crippen LogP contribution in [0.25, 0.3) is 0 Å². The first kappa shape index (κ1) is 15.4. The first-order valence-corrected chi connectivity index (χ1v) is 8.23. The van der Waals surface area contributed by atoms with E-state index >= 15 is 0 Å². The first-order valence-electron chi connectivity index (χ1n) is 8.23. The highest BCUT2D eigenvalue weighted by Gasteiger charge is 2.20. The van der Waals surface area contributed by atoms with Crippen molar-refractivity contribution in [2.45, 2.75) is 52.5 Å². The summed E-state index contributed by atoms with van der Waals surface area (Å²) in [6, 6.07) is 9.58. The molecule has 1 aliphatic rings. The van der Waals surface area contributed by atoms with Gasteiger partial charge in [0.2, 0.25) is 0 Å². The minimum Gasteiger partial charge on any atom is -0.369 e. The van der Waals surface area contributed by atoms with Gasteiger partial charge < -0.3 is 10.2 Å². The van der Waals surface area contributed by atoms with Crippen molar-refractivity contribution < 1.29 is 0 Å². The lowest BCUT2D eigenvalue weighted by Crippen LogP contribution is -2.37. The van der Waals surface area contributed by atoms with Crippen LogP contribution in [0.1, 0.15) is 45.6 Å². The molecule has 1 unspecified atom stereocenters. The number of rotatable bonds is 7. The van der Waals surface area contributed by atoms with E-state index in [-0.39, 0.29) is 0 Å². The average Bonchev–Trinajstić information content (AvgIpc) is 2.45. The number of nitrogens with zero attached hydrogens (tertiary/aromatic N) is 1. The predicted octanol–water partition coefficient (Wildman–Crippen LogP) is 3.85. The molecule has 112 valence electrons. The number of aryl methyl sites for hydroxylation is 1. The molecular weight excluding hydrogens is 244 g/mol. The summed E-state index contributed by atoms with van der Waals surface area (Å²) >= 11 is 0. The van der Waals surface area contributed by atoms with E-state index in [1.54, 1.807) is 0 Å². The van der Waals surface area contributed by atoms with Gasteiger partial charge in [0, 0.05) is 18.3 Å². The molecule has 1 aliphatic heterocycles. The Morgan fingerprint density at radius 2 is 2.00 bits per heavy atom. The monoisotopic (exact) mass is 274 g/mol. The zero-order chi connectivity index (χ0) is 14.4. The minimum absolute atomic E-state index is 0.650.